The summed E-state index contributed by atoms with van der Waals surface area (Å²) in [6.07, 6.45) is 0.509. The highest BCUT2D eigenvalue weighted by atomic mass is 32.1. The molecule has 0 saturated heterocycles. The number of benzene rings is 1. The van der Waals surface area contributed by atoms with Crippen molar-refractivity contribution in [1.29, 1.82) is 0 Å². The molecule has 7 nitrogen and oxygen atoms in total. The van der Waals surface area contributed by atoms with Crippen LogP contribution < -0.4 is 15.9 Å². The molecule has 2 heterocycles. The SMILES string of the molecule is CN(C)c1ccc(C2CC(c3c(O)n(C)c(=S)[nH]c3=O)=NN2)cc1. The molecule has 1 unspecified atom stereocenters. The summed E-state index contributed by atoms with van der Waals surface area (Å²) in [5, 5.41) is 14.5. The van der Waals surface area contributed by atoms with E-state index in [-0.39, 0.29) is 22.3 Å². The quantitative estimate of drug-likeness (QED) is 0.737. The van der Waals surface area contributed by atoms with Gasteiger partial charge in [-0.1, -0.05) is 12.1 Å². The summed E-state index contributed by atoms with van der Waals surface area (Å²) in [4.78, 5) is 16.7. The lowest BCUT2D eigenvalue weighted by Crippen LogP contribution is -2.21. The number of anilines is 1. The Balaban J connectivity index is 1.87. The van der Waals surface area contributed by atoms with Gasteiger partial charge in [0, 0.05) is 33.3 Å². The van der Waals surface area contributed by atoms with Crippen LogP contribution in [0.15, 0.2) is 34.2 Å². The molecule has 1 atom stereocenters. The van der Waals surface area contributed by atoms with Gasteiger partial charge in [-0.05, 0) is 29.9 Å². The van der Waals surface area contributed by atoms with Gasteiger partial charge in [0.25, 0.3) is 5.56 Å². The Morgan fingerprint density at radius 2 is 2.00 bits per heavy atom. The highest BCUT2D eigenvalue weighted by molar-refractivity contribution is 7.71. The minimum atomic E-state index is -0.431. The van der Waals surface area contributed by atoms with Gasteiger partial charge in [0.15, 0.2) is 4.77 Å². The van der Waals surface area contributed by atoms with Crippen LogP contribution in [0.2, 0.25) is 0 Å². The first-order valence-corrected chi connectivity index (χ1v) is 7.91. The Labute approximate surface area is 144 Å². The van der Waals surface area contributed by atoms with Crippen LogP contribution in [0.3, 0.4) is 0 Å². The zero-order chi connectivity index (χ0) is 17.4. The smallest absolute Gasteiger partial charge is 0.264 e. The average molecular weight is 345 g/mol. The van der Waals surface area contributed by atoms with Crippen molar-refractivity contribution in [2.75, 3.05) is 19.0 Å². The molecule has 1 aliphatic heterocycles. The van der Waals surface area contributed by atoms with Crippen LogP contribution in [0.5, 0.6) is 5.88 Å². The molecule has 1 aromatic heterocycles. The number of nitrogens with zero attached hydrogens (tertiary/aromatic N) is 3. The molecule has 3 N–H and O–H groups in total. The van der Waals surface area contributed by atoms with Crippen molar-refractivity contribution >= 4 is 23.6 Å². The number of hydrogen-bond donors (Lipinski definition) is 3. The first kappa shape index (κ1) is 16.3. The number of aromatic hydroxyl groups is 1. The maximum Gasteiger partial charge on any atom is 0.264 e. The summed E-state index contributed by atoms with van der Waals surface area (Å²) in [5.41, 5.74) is 5.46. The first-order valence-electron chi connectivity index (χ1n) is 7.50. The van der Waals surface area contributed by atoms with Crippen molar-refractivity contribution in [2.24, 2.45) is 12.1 Å². The summed E-state index contributed by atoms with van der Waals surface area (Å²) in [6.45, 7) is 0. The van der Waals surface area contributed by atoms with E-state index in [1.54, 1.807) is 7.05 Å². The summed E-state index contributed by atoms with van der Waals surface area (Å²) < 4.78 is 1.52. The lowest BCUT2D eigenvalue weighted by molar-refractivity contribution is 0.419. The summed E-state index contributed by atoms with van der Waals surface area (Å²) >= 11 is 4.98. The molecule has 0 radical (unpaired) electrons. The molecule has 0 bridgehead atoms. The molecule has 0 aliphatic carbocycles. The predicted molar refractivity (Wildman–Crippen MR) is 96.3 cm³/mol. The van der Waals surface area contributed by atoms with E-state index in [1.807, 2.05) is 43.3 Å². The second-order valence-electron chi connectivity index (χ2n) is 5.95. The minimum Gasteiger partial charge on any atom is -0.494 e. The van der Waals surface area contributed by atoms with Gasteiger partial charge >= 0.3 is 0 Å². The molecule has 8 heteroatoms. The summed E-state index contributed by atoms with van der Waals surface area (Å²) in [5.74, 6) is -0.173. The van der Waals surface area contributed by atoms with Crippen LogP contribution in [0.25, 0.3) is 0 Å². The van der Waals surface area contributed by atoms with Gasteiger partial charge < -0.3 is 15.4 Å². The number of hydrazone groups is 1. The van der Waals surface area contributed by atoms with Crippen LogP contribution >= 0.6 is 12.2 Å². The molecule has 0 spiro atoms. The average Bonchev–Trinajstić information content (AvgIpc) is 3.02. The molecular weight excluding hydrogens is 326 g/mol. The molecule has 126 valence electrons. The maximum atomic E-state index is 12.2. The molecule has 0 fully saturated rings. The van der Waals surface area contributed by atoms with Crippen molar-refractivity contribution in [3.05, 3.63) is 50.5 Å². The largest absolute Gasteiger partial charge is 0.494 e. The van der Waals surface area contributed by atoms with E-state index in [9.17, 15) is 9.90 Å². The van der Waals surface area contributed by atoms with E-state index in [2.05, 4.69) is 15.5 Å². The van der Waals surface area contributed by atoms with Crippen LogP contribution in [-0.2, 0) is 7.05 Å². The van der Waals surface area contributed by atoms with Crippen molar-refractivity contribution < 1.29 is 5.11 Å². The van der Waals surface area contributed by atoms with Gasteiger partial charge in [-0.25, -0.2) is 0 Å². The lowest BCUT2D eigenvalue weighted by atomic mass is 10.00. The van der Waals surface area contributed by atoms with Gasteiger partial charge in [0.05, 0.1) is 11.8 Å². The number of nitrogens with one attached hydrogen (secondary N) is 2. The molecule has 1 aromatic carbocycles. The van der Waals surface area contributed by atoms with Gasteiger partial charge in [0.1, 0.15) is 5.56 Å². The van der Waals surface area contributed by atoms with Gasteiger partial charge in [-0.3, -0.25) is 14.3 Å². The Hall–Kier alpha value is -2.61. The van der Waals surface area contributed by atoms with E-state index in [0.717, 1.165) is 11.3 Å². The number of aromatic amines is 1. The summed E-state index contributed by atoms with van der Waals surface area (Å²) in [7, 11) is 5.57. The van der Waals surface area contributed by atoms with Crippen LogP contribution in [0.1, 0.15) is 23.6 Å². The predicted octanol–water partition coefficient (Wildman–Crippen LogP) is 1.65. The van der Waals surface area contributed by atoms with Gasteiger partial charge in [-0.15, -0.1) is 0 Å². The van der Waals surface area contributed by atoms with Crippen molar-refractivity contribution in [2.45, 2.75) is 12.5 Å². The fourth-order valence-corrected chi connectivity index (χ4v) is 2.84. The van der Waals surface area contributed by atoms with Gasteiger partial charge in [-0.2, -0.15) is 5.10 Å². The van der Waals surface area contributed by atoms with Crippen molar-refractivity contribution in [3.8, 4) is 5.88 Å². The lowest BCUT2D eigenvalue weighted by Gasteiger charge is -2.15. The topological polar surface area (TPSA) is 85.7 Å². The Bertz CT molecular complexity index is 912. The first-order chi connectivity index (χ1) is 11.4. The number of aromatic nitrogens is 2. The molecule has 24 heavy (non-hydrogen) atoms. The monoisotopic (exact) mass is 345 g/mol. The molecule has 1 aliphatic rings. The molecule has 0 amide bonds. The van der Waals surface area contributed by atoms with E-state index in [1.165, 1.54) is 4.57 Å². The molecular formula is C16H19N5O2S. The number of hydrogen-bond acceptors (Lipinski definition) is 6. The third-order valence-electron chi connectivity index (χ3n) is 4.15. The van der Waals surface area contributed by atoms with E-state index >= 15 is 0 Å². The highest BCUT2D eigenvalue weighted by Gasteiger charge is 2.26. The minimum absolute atomic E-state index is 0.0384. The fraction of sp³-hybridized carbons (Fsp3) is 0.312. The molecule has 0 saturated carbocycles. The normalized spacial score (nSPS) is 16.6. The second-order valence-corrected chi connectivity index (χ2v) is 6.33. The zero-order valence-corrected chi connectivity index (χ0v) is 14.5. The third kappa shape index (κ3) is 2.80. The van der Waals surface area contributed by atoms with Crippen LogP contribution in [0.4, 0.5) is 5.69 Å². The Kier molecular flexibility index (Phi) is 4.15. The third-order valence-corrected chi connectivity index (χ3v) is 4.52. The van der Waals surface area contributed by atoms with Gasteiger partial charge in [0.2, 0.25) is 5.88 Å². The van der Waals surface area contributed by atoms with E-state index in [0.29, 0.717) is 12.1 Å². The van der Waals surface area contributed by atoms with Crippen LogP contribution in [0, 0.1) is 4.77 Å². The van der Waals surface area contributed by atoms with Crippen molar-refractivity contribution in [1.82, 2.24) is 15.0 Å². The fourth-order valence-electron chi connectivity index (χ4n) is 2.66. The Morgan fingerprint density at radius 3 is 2.62 bits per heavy atom. The Morgan fingerprint density at radius 1 is 1.33 bits per heavy atom. The highest BCUT2D eigenvalue weighted by Crippen LogP contribution is 2.27. The molecule has 3 rings (SSSR count). The van der Waals surface area contributed by atoms with E-state index in [4.69, 9.17) is 12.2 Å². The number of H-pyrrole nitrogens is 1. The maximum absolute atomic E-state index is 12.2. The summed E-state index contributed by atoms with van der Waals surface area (Å²) in [6, 6.07) is 8.09. The second kappa shape index (κ2) is 6.12. The number of rotatable bonds is 3. The van der Waals surface area contributed by atoms with Crippen LogP contribution in [-0.4, -0.2) is 34.5 Å². The van der Waals surface area contributed by atoms with E-state index < -0.39 is 5.56 Å². The standard InChI is InChI=1S/C16H19N5O2S/c1-20(2)10-6-4-9(5-7-10)11-8-12(19-18-11)13-14(22)17-16(24)21(3)15(13)23/h4-7,11,18,23H,8H2,1-3H3,(H,17,22,24). The zero-order valence-electron chi connectivity index (χ0n) is 13.7. The molecule has 2 aromatic rings. The van der Waals surface area contributed by atoms with Crippen molar-refractivity contribution in [3.63, 3.8) is 0 Å².